The summed E-state index contributed by atoms with van der Waals surface area (Å²) in [7, 11) is 0. The number of carbonyl (C=O) groups excluding carboxylic acids is 2. The Labute approximate surface area is 320 Å². The molecule has 5 N–H and O–H groups in total. The van der Waals surface area contributed by atoms with Crippen LogP contribution in [0.5, 0.6) is 0 Å². The predicted octanol–water partition coefficient (Wildman–Crippen LogP) is 8.04. The predicted molar refractivity (Wildman–Crippen MR) is 200 cm³/mol. The normalized spacial score (nSPS) is 10.6. The van der Waals surface area contributed by atoms with Crippen molar-refractivity contribution in [3.63, 3.8) is 0 Å². The number of hydrogen-bond acceptors (Lipinski definition) is 8. The fourth-order valence-corrected chi connectivity index (χ4v) is 5.91. The van der Waals surface area contributed by atoms with E-state index in [9.17, 15) is 22.8 Å². The number of nitrogens with one attached hydrogen (secondary N) is 3. The first-order valence-electron chi connectivity index (χ1n) is 14.1. The van der Waals surface area contributed by atoms with Gasteiger partial charge in [-0.3, -0.25) is 19.3 Å². The molecule has 0 saturated heterocycles. The van der Waals surface area contributed by atoms with Crippen LogP contribution >= 0.6 is 72.9 Å². The molecule has 4 aromatic carbocycles. The van der Waals surface area contributed by atoms with Gasteiger partial charge in [0.25, 0.3) is 11.8 Å². The zero-order valence-electron chi connectivity index (χ0n) is 25.7. The van der Waals surface area contributed by atoms with Gasteiger partial charge in [-0.2, -0.15) is 0 Å². The second-order valence-corrected chi connectivity index (χ2v) is 13.4. The third-order valence-corrected chi connectivity index (χ3v) is 8.74. The molecule has 0 heterocycles. The Kier molecular flexibility index (Phi) is 16.3. The summed E-state index contributed by atoms with van der Waals surface area (Å²) in [5.74, 6) is -4.27. The van der Waals surface area contributed by atoms with E-state index in [1.54, 1.807) is 19.1 Å². The first-order valence-corrected chi connectivity index (χ1v) is 17.4. The summed E-state index contributed by atoms with van der Waals surface area (Å²) in [6, 6.07) is 15.5. The summed E-state index contributed by atoms with van der Waals surface area (Å²) in [6.45, 7) is 2.87. The molecule has 10 nitrogen and oxygen atoms in total. The number of aryl methyl sites for hydroxylation is 2. The molecular formula is C32H29BrClF3I2N4O6. The number of benzene rings is 4. The molecule has 0 atom stereocenters. The highest BCUT2D eigenvalue weighted by Gasteiger charge is 2.24. The van der Waals surface area contributed by atoms with E-state index in [2.05, 4.69) is 77.2 Å². The average molecular weight is 992 g/mol. The van der Waals surface area contributed by atoms with Gasteiger partial charge in [0.05, 0.1) is 53.4 Å². The number of hydroxylamine groups is 2. The Morgan fingerprint density at radius 3 is 1.90 bits per heavy atom. The Morgan fingerprint density at radius 1 is 0.816 bits per heavy atom. The van der Waals surface area contributed by atoms with E-state index in [-0.39, 0.29) is 47.7 Å². The molecule has 49 heavy (non-hydrogen) atoms. The molecule has 0 aliphatic carbocycles. The van der Waals surface area contributed by atoms with Crippen molar-refractivity contribution in [1.29, 1.82) is 0 Å². The summed E-state index contributed by atoms with van der Waals surface area (Å²) in [5.41, 5.74) is 5.16. The topological polar surface area (TPSA) is 132 Å². The number of halogens is 7. The number of aliphatic hydroxyl groups is 2. The molecule has 0 aliphatic rings. The van der Waals surface area contributed by atoms with Gasteiger partial charge in [-0.25, -0.2) is 18.7 Å². The minimum Gasteiger partial charge on any atom is -0.394 e. The number of rotatable bonds is 12. The third kappa shape index (κ3) is 11.4. The van der Waals surface area contributed by atoms with Gasteiger partial charge in [0, 0.05) is 30.3 Å². The zero-order valence-corrected chi connectivity index (χ0v) is 32.4. The molecule has 0 fully saturated rings. The molecule has 0 saturated carbocycles. The van der Waals surface area contributed by atoms with E-state index in [0.717, 1.165) is 36.1 Å². The van der Waals surface area contributed by atoms with E-state index < -0.39 is 29.3 Å². The summed E-state index contributed by atoms with van der Waals surface area (Å²) in [5, 5.41) is 23.2. The second kappa shape index (κ2) is 19.6. The van der Waals surface area contributed by atoms with E-state index in [0.29, 0.717) is 16.0 Å². The number of hydrogen-bond donors (Lipinski definition) is 5. The van der Waals surface area contributed by atoms with Crippen molar-refractivity contribution in [1.82, 2.24) is 10.1 Å². The molecule has 4 aromatic rings. The van der Waals surface area contributed by atoms with Crippen LogP contribution in [0.15, 0.2) is 65.1 Å². The fraction of sp³-hybridized carbons (Fsp3) is 0.188. The van der Waals surface area contributed by atoms with Gasteiger partial charge in [0.1, 0.15) is 5.82 Å². The molecule has 0 aliphatic heterocycles. The van der Waals surface area contributed by atoms with E-state index in [1.165, 1.54) is 12.1 Å². The SMILES string of the molecule is Cc1cc(I)ccc1Nc1c(C(=O)N(Cl)OCCO)ccc(F)c1F.Cc1cc(I)ccc1Nc1c(C(=O)NOCCO)ccc(F)c1Br. The van der Waals surface area contributed by atoms with Gasteiger partial charge in [-0.1, -0.05) is 0 Å². The van der Waals surface area contributed by atoms with Gasteiger partial charge in [-0.15, -0.1) is 4.58 Å². The average Bonchev–Trinajstić information content (AvgIpc) is 3.06. The first kappa shape index (κ1) is 40.7. The molecular weight excluding hydrogens is 963 g/mol. The standard InChI is InChI=1S/C16H15BrFIN2O3.C16H14ClF2IN2O3/c1-9-8-10(19)2-5-13(9)20-15-11(3-4-12(18)14(15)17)16(23)21-24-7-6-22;1-9-8-10(20)2-5-13(9)21-15-11(3-4-12(18)14(15)19)16(24)22(17)25-7-6-23/h2-5,8,20,22H,6-7H2,1H3,(H,21,23);2-5,8,21,23H,6-7H2,1H3. The van der Waals surface area contributed by atoms with Gasteiger partial charge < -0.3 is 20.8 Å². The maximum Gasteiger partial charge on any atom is 0.295 e. The Hall–Kier alpha value is -2.72. The molecule has 4 rings (SSSR count). The van der Waals surface area contributed by atoms with Gasteiger partial charge >= 0.3 is 0 Å². The molecule has 262 valence electrons. The molecule has 0 aromatic heterocycles. The van der Waals surface area contributed by atoms with Crippen LogP contribution in [0.3, 0.4) is 0 Å². The van der Waals surface area contributed by atoms with Crippen LogP contribution in [-0.4, -0.2) is 53.0 Å². The summed E-state index contributed by atoms with van der Waals surface area (Å²) in [6.07, 6.45) is 0. The molecule has 0 radical (unpaired) electrons. The van der Waals surface area contributed by atoms with Gasteiger partial charge in [0.2, 0.25) is 0 Å². The molecule has 0 bridgehead atoms. The Balaban J connectivity index is 0.000000266. The lowest BCUT2D eigenvalue weighted by atomic mass is 10.1. The summed E-state index contributed by atoms with van der Waals surface area (Å²) < 4.78 is 44.4. The lowest BCUT2D eigenvalue weighted by Gasteiger charge is -2.18. The summed E-state index contributed by atoms with van der Waals surface area (Å²) >= 11 is 13.2. The van der Waals surface area contributed by atoms with E-state index >= 15 is 0 Å². The molecule has 0 unspecified atom stereocenters. The lowest BCUT2D eigenvalue weighted by Crippen LogP contribution is -2.26. The van der Waals surface area contributed by atoms with Crippen LogP contribution in [0.25, 0.3) is 0 Å². The highest BCUT2D eigenvalue weighted by Crippen LogP contribution is 2.34. The molecule has 0 spiro atoms. The Bertz CT molecular complexity index is 1810. The minimum absolute atomic E-state index is 0.0346. The second-order valence-electron chi connectivity index (χ2n) is 9.85. The van der Waals surface area contributed by atoms with Crippen LogP contribution < -0.4 is 16.1 Å². The van der Waals surface area contributed by atoms with Crippen LogP contribution in [0, 0.1) is 38.4 Å². The van der Waals surface area contributed by atoms with Crippen molar-refractivity contribution >= 4 is 107 Å². The first-order chi connectivity index (χ1) is 23.3. The number of amides is 2. The maximum atomic E-state index is 14.3. The lowest BCUT2D eigenvalue weighted by molar-refractivity contribution is -0.0695. The minimum atomic E-state index is -1.21. The molecule has 17 heteroatoms. The van der Waals surface area contributed by atoms with Crippen molar-refractivity contribution in [3.05, 3.63) is 112 Å². The van der Waals surface area contributed by atoms with Crippen molar-refractivity contribution in [2.75, 3.05) is 37.1 Å². The quantitative estimate of drug-likeness (QED) is 0.0418. The number of carbonyl (C=O) groups is 2. The van der Waals surface area contributed by atoms with Gasteiger partial charge in [-0.05, 0) is 147 Å². The van der Waals surface area contributed by atoms with Crippen LogP contribution in [0.4, 0.5) is 35.9 Å². The van der Waals surface area contributed by atoms with Gasteiger partial charge in [0.15, 0.2) is 11.6 Å². The molecule has 2 amide bonds. The van der Waals surface area contributed by atoms with Crippen LogP contribution in [0.1, 0.15) is 31.8 Å². The highest BCUT2D eigenvalue weighted by molar-refractivity contribution is 14.1. The largest absolute Gasteiger partial charge is 0.394 e. The fourth-order valence-electron chi connectivity index (χ4n) is 4.01. The summed E-state index contributed by atoms with van der Waals surface area (Å²) in [4.78, 5) is 34.2. The van der Waals surface area contributed by atoms with E-state index in [1.807, 2.05) is 31.2 Å². The number of nitrogens with zero attached hydrogens (tertiary/aromatic N) is 1. The van der Waals surface area contributed by atoms with Crippen molar-refractivity contribution in [2.24, 2.45) is 0 Å². The zero-order chi connectivity index (χ0) is 36.2. The maximum absolute atomic E-state index is 14.3. The Morgan fingerprint density at radius 2 is 1.35 bits per heavy atom. The van der Waals surface area contributed by atoms with Crippen molar-refractivity contribution in [3.8, 4) is 0 Å². The monoisotopic (exact) mass is 990 g/mol. The third-order valence-electron chi connectivity index (χ3n) is 6.37. The van der Waals surface area contributed by atoms with Crippen molar-refractivity contribution in [2.45, 2.75) is 13.8 Å². The highest BCUT2D eigenvalue weighted by atomic mass is 127. The number of aliphatic hydroxyl groups excluding tert-OH is 2. The van der Waals surface area contributed by atoms with Crippen LogP contribution in [-0.2, 0) is 9.68 Å². The van der Waals surface area contributed by atoms with Crippen molar-refractivity contribution < 1.29 is 42.6 Å². The number of anilines is 4. The van der Waals surface area contributed by atoms with E-state index in [4.69, 9.17) is 31.7 Å². The van der Waals surface area contributed by atoms with Crippen LogP contribution in [0.2, 0.25) is 0 Å². The smallest absolute Gasteiger partial charge is 0.295 e.